The summed E-state index contributed by atoms with van der Waals surface area (Å²) in [5, 5.41) is 9.73. The van der Waals surface area contributed by atoms with Crippen molar-refractivity contribution < 1.29 is 33.6 Å². The van der Waals surface area contributed by atoms with Gasteiger partial charge in [0, 0.05) is 18.4 Å². The molecule has 0 aliphatic carbocycles. The number of ether oxygens (including phenoxy) is 4. The summed E-state index contributed by atoms with van der Waals surface area (Å²) in [6.45, 7) is 6.40. The molecule has 2 unspecified atom stereocenters. The molecule has 0 bridgehead atoms. The van der Waals surface area contributed by atoms with Gasteiger partial charge in [-0.1, -0.05) is 44.9 Å². The van der Waals surface area contributed by atoms with E-state index in [1.54, 1.807) is 13.2 Å². The van der Waals surface area contributed by atoms with Crippen molar-refractivity contribution in [2.75, 3.05) is 20.3 Å². The van der Waals surface area contributed by atoms with E-state index < -0.39 is 18.2 Å². The topological polar surface area (TPSA) is 91.3 Å². The van der Waals surface area contributed by atoms with E-state index in [1.807, 2.05) is 24.3 Å². The number of para-hydroxylation sites is 1. The normalized spacial score (nSPS) is 16.8. The Morgan fingerprint density at radius 3 is 2.51 bits per heavy atom. The second-order valence-corrected chi connectivity index (χ2v) is 8.78. The SMILES string of the molecule is CCCc1cccc2c1OC(C(=O)O)C(OCCCOc1ccc(C(C)=O)c(OC)c1CCC)C2. The fourth-order valence-electron chi connectivity index (χ4n) is 4.52. The highest BCUT2D eigenvalue weighted by molar-refractivity contribution is 5.97. The van der Waals surface area contributed by atoms with E-state index >= 15 is 0 Å². The van der Waals surface area contributed by atoms with Gasteiger partial charge in [-0.3, -0.25) is 4.79 Å². The summed E-state index contributed by atoms with van der Waals surface area (Å²) in [7, 11) is 1.56. The third-order valence-corrected chi connectivity index (χ3v) is 6.12. The van der Waals surface area contributed by atoms with Crippen molar-refractivity contribution in [1.29, 1.82) is 0 Å². The maximum Gasteiger partial charge on any atom is 0.347 e. The van der Waals surface area contributed by atoms with Crippen LogP contribution in [0.15, 0.2) is 30.3 Å². The number of aliphatic carboxylic acids is 1. The third kappa shape index (κ3) is 6.34. The number of methoxy groups -OCH3 is 1. The van der Waals surface area contributed by atoms with Crippen molar-refractivity contribution in [2.24, 2.45) is 0 Å². The number of aryl methyl sites for hydroxylation is 1. The second-order valence-electron chi connectivity index (χ2n) is 8.78. The van der Waals surface area contributed by atoms with E-state index in [4.69, 9.17) is 18.9 Å². The first-order valence-electron chi connectivity index (χ1n) is 12.4. The first-order valence-corrected chi connectivity index (χ1v) is 12.4. The number of carbonyl (C=O) groups is 2. The fraction of sp³-hybridized carbons (Fsp3) is 0.500. The van der Waals surface area contributed by atoms with Gasteiger partial charge in [-0.15, -0.1) is 0 Å². The molecule has 0 saturated carbocycles. The molecule has 3 rings (SSSR count). The summed E-state index contributed by atoms with van der Waals surface area (Å²) in [5.74, 6) is 0.875. The summed E-state index contributed by atoms with van der Waals surface area (Å²) < 4.78 is 23.4. The molecule has 0 amide bonds. The summed E-state index contributed by atoms with van der Waals surface area (Å²) >= 11 is 0. The van der Waals surface area contributed by atoms with Crippen LogP contribution in [0.5, 0.6) is 17.2 Å². The minimum Gasteiger partial charge on any atom is -0.496 e. The minimum absolute atomic E-state index is 0.0507. The van der Waals surface area contributed by atoms with E-state index in [0.29, 0.717) is 48.9 Å². The van der Waals surface area contributed by atoms with Crippen LogP contribution >= 0.6 is 0 Å². The summed E-state index contributed by atoms with van der Waals surface area (Å²) in [6.07, 6.45) is 2.88. The Morgan fingerprint density at radius 2 is 1.86 bits per heavy atom. The molecule has 7 nitrogen and oxygen atoms in total. The molecule has 1 heterocycles. The highest BCUT2D eigenvalue weighted by Crippen LogP contribution is 2.35. The lowest BCUT2D eigenvalue weighted by molar-refractivity contribution is -0.154. The molecule has 2 aromatic rings. The first kappa shape index (κ1) is 26.5. The van der Waals surface area contributed by atoms with Gasteiger partial charge in [0.2, 0.25) is 6.10 Å². The molecule has 0 fully saturated rings. The maximum absolute atomic E-state index is 12.0. The van der Waals surface area contributed by atoms with Crippen LogP contribution in [0.4, 0.5) is 0 Å². The summed E-state index contributed by atoms with van der Waals surface area (Å²) in [5.41, 5.74) is 3.45. The van der Waals surface area contributed by atoms with Gasteiger partial charge < -0.3 is 24.1 Å². The number of rotatable bonds is 13. The Labute approximate surface area is 207 Å². The summed E-state index contributed by atoms with van der Waals surface area (Å²) in [6, 6.07) is 9.49. The predicted molar refractivity (Wildman–Crippen MR) is 133 cm³/mol. The van der Waals surface area contributed by atoms with Crippen molar-refractivity contribution in [2.45, 2.75) is 71.5 Å². The van der Waals surface area contributed by atoms with Gasteiger partial charge in [0.25, 0.3) is 0 Å². The molecule has 7 heteroatoms. The first-order chi connectivity index (χ1) is 16.9. The quantitative estimate of drug-likeness (QED) is 0.314. The lowest BCUT2D eigenvalue weighted by atomic mass is 9.95. The van der Waals surface area contributed by atoms with E-state index in [9.17, 15) is 14.7 Å². The molecule has 0 radical (unpaired) electrons. The van der Waals surface area contributed by atoms with Gasteiger partial charge in [-0.25, -0.2) is 4.79 Å². The Hall–Kier alpha value is -3.06. The highest BCUT2D eigenvalue weighted by atomic mass is 16.6. The van der Waals surface area contributed by atoms with Gasteiger partial charge in [-0.05, 0) is 43.0 Å². The van der Waals surface area contributed by atoms with Crippen molar-refractivity contribution in [1.82, 2.24) is 0 Å². The van der Waals surface area contributed by atoms with Crippen molar-refractivity contribution in [3.05, 3.63) is 52.6 Å². The number of carboxylic acids is 1. The number of fused-ring (bicyclic) bond motifs is 1. The lowest BCUT2D eigenvalue weighted by Crippen LogP contribution is -2.45. The van der Waals surface area contributed by atoms with Crippen LogP contribution in [0.25, 0.3) is 0 Å². The van der Waals surface area contributed by atoms with Gasteiger partial charge in [-0.2, -0.15) is 0 Å². The van der Waals surface area contributed by atoms with E-state index in [0.717, 1.165) is 42.4 Å². The average molecular weight is 485 g/mol. The molecule has 0 spiro atoms. The Kier molecular flexibility index (Phi) is 9.55. The van der Waals surface area contributed by atoms with Crippen molar-refractivity contribution in [3.63, 3.8) is 0 Å². The molecule has 2 aromatic carbocycles. The molecule has 190 valence electrons. The summed E-state index contributed by atoms with van der Waals surface area (Å²) in [4.78, 5) is 23.8. The van der Waals surface area contributed by atoms with Crippen LogP contribution in [0.1, 0.15) is 67.1 Å². The van der Waals surface area contributed by atoms with Crippen LogP contribution in [0.2, 0.25) is 0 Å². The number of carboxylic acid groups (broad SMARTS) is 1. The largest absolute Gasteiger partial charge is 0.496 e. The van der Waals surface area contributed by atoms with Gasteiger partial charge in [0.1, 0.15) is 23.4 Å². The molecule has 1 aliphatic rings. The van der Waals surface area contributed by atoms with Crippen LogP contribution < -0.4 is 14.2 Å². The second kappa shape index (κ2) is 12.6. The molecule has 2 atom stereocenters. The number of hydrogen-bond acceptors (Lipinski definition) is 6. The molecular formula is C28H36O7. The van der Waals surface area contributed by atoms with Gasteiger partial charge in [0.15, 0.2) is 5.78 Å². The number of benzene rings is 2. The van der Waals surface area contributed by atoms with Crippen LogP contribution in [0, 0.1) is 0 Å². The number of ketones is 1. The highest BCUT2D eigenvalue weighted by Gasteiger charge is 2.37. The molecule has 0 aromatic heterocycles. The molecule has 1 aliphatic heterocycles. The van der Waals surface area contributed by atoms with Crippen LogP contribution in [-0.4, -0.2) is 49.4 Å². The maximum atomic E-state index is 12.0. The minimum atomic E-state index is -1.04. The van der Waals surface area contributed by atoms with E-state index in [-0.39, 0.29) is 5.78 Å². The van der Waals surface area contributed by atoms with Crippen LogP contribution in [-0.2, 0) is 28.8 Å². The Balaban J connectivity index is 1.61. The Bertz CT molecular complexity index is 1030. The third-order valence-electron chi connectivity index (χ3n) is 6.12. The zero-order chi connectivity index (χ0) is 25.4. The molecular weight excluding hydrogens is 448 g/mol. The average Bonchev–Trinajstić information content (AvgIpc) is 2.84. The fourth-order valence-corrected chi connectivity index (χ4v) is 4.52. The number of Topliss-reactive ketones (excluding diaryl/α,β-unsaturated/α-hetero) is 1. The van der Waals surface area contributed by atoms with Gasteiger partial charge >= 0.3 is 5.97 Å². The van der Waals surface area contributed by atoms with Crippen LogP contribution in [0.3, 0.4) is 0 Å². The Morgan fingerprint density at radius 1 is 1.09 bits per heavy atom. The smallest absolute Gasteiger partial charge is 0.347 e. The zero-order valence-corrected chi connectivity index (χ0v) is 21.1. The van der Waals surface area contributed by atoms with Crippen molar-refractivity contribution >= 4 is 11.8 Å². The lowest BCUT2D eigenvalue weighted by Gasteiger charge is -2.32. The van der Waals surface area contributed by atoms with E-state index in [1.165, 1.54) is 6.92 Å². The molecule has 0 saturated heterocycles. The predicted octanol–water partition coefficient (Wildman–Crippen LogP) is 5.05. The standard InChI is InChI=1S/C28H36O7/c1-5-9-19-11-7-12-20-17-24(27(28(30)31)35-25(19)20)34-16-8-15-33-23-14-13-21(18(3)29)26(32-4)22(23)10-6-2/h7,11-14,24,27H,5-6,8-10,15-17H2,1-4H3,(H,30,31). The molecule has 35 heavy (non-hydrogen) atoms. The van der Waals surface area contributed by atoms with Crippen molar-refractivity contribution in [3.8, 4) is 17.2 Å². The number of carbonyl (C=O) groups excluding carboxylic acids is 1. The zero-order valence-electron chi connectivity index (χ0n) is 21.1. The number of hydrogen-bond donors (Lipinski definition) is 1. The monoisotopic (exact) mass is 484 g/mol. The van der Waals surface area contributed by atoms with Gasteiger partial charge in [0.05, 0.1) is 25.9 Å². The molecule has 1 N–H and O–H groups in total. The van der Waals surface area contributed by atoms with E-state index in [2.05, 4.69) is 13.8 Å².